The lowest BCUT2D eigenvalue weighted by Crippen LogP contribution is -2.11. The molecule has 0 aliphatic heterocycles. The fourth-order valence-electron chi connectivity index (χ4n) is 2.98. The first kappa shape index (κ1) is 16.3. The molecule has 3 heterocycles. The van der Waals surface area contributed by atoms with Gasteiger partial charge >= 0.3 is 0 Å². The number of aryl methyl sites for hydroxylation is 2. The summed E-state index contributed by atoms with van der Waals surface area (Å²) in [6, 6.07) is 14.2. The second-order valence-corrected chi connectivity index (χ2v) is 6.24. The molecule has 4 rings (SSSR count). The smallest absolute Gasteiger partial charge is 0.158 e. The first-order valence-corrected chi connectivity index (χ1v) is 8.78. The van der Waals surface area contributed by atoms with Gasteiger partial charge in [0.05, 0.1) is 17.9 Å². The van der Waals surface area contributed by atoms with Crippen LogP contribution in [0.2, 0.25) is 0 Å². The average molecular weight is 347 g/mol. The number of fused-ring (bicyclic) bond motifs is 1. The van der Waals surface area contributed by atoms with Crippen LogP contribution < -0.4 is 5.32 Å². The largest absolute Gasteiger partial charge is 0.363 e. The second kappa shape index (κ2) is 6.95. The molecule has 132 valence electrons. The van der Waals surface area contributed by atoms with Crippen LogP contribution in [0.3, 0.4) is 0 Å². The minimum atomic E-state index is 0.576. The van der Waals surface area contributed by atoms with E-state index in [4.69, 9.17) is 4.98 Å². The van der Waals surface area contributed by atoms with Gasteiger partial charge in [-0.1, -0.05) is 37.3 Å². The van der Waals surface area contributed by atoms with Crippen molar-refractivity contribution in [3.8, 4) is 11.3 Å². The van der Waals surface area contributed by atoms with Gasteiger partial charge in [-0.15, -0.1) is 10.2 Å². The Kier molecular flexibility index (Phi) is 4.35. The maximum Gasteiger partial charge on any atom is 0.158 e. The average Bonchev–Trinajstić information content (AvgIpc) is 3.26. The monoisotopic (exact) mass is 347 g/mol. The SMILES string of the molecule is CCCn1cnnc1CNc1cc(-c2ccccc2)nc2cc(C)nn12. The summed E-state index contributed by atoms with van der Waals surface area (Å²) < 4.78 is 3.90. The third kappa shape index (κ3) is 3.15. The summed E-state index contributed by atoms with van der Waals surface area (Å²) in [5.74, 6) is 1.79. The first-order valence-electron chi connectivity index (χ1n) is 8.78. The number of anilines is 1. The number of hydrogen-bond donors (Lipinski definition) is 1. The van der Waals surface area contributed by atoms with Crippen molar-refractivity contribution < 1.29 is 0 Å². The number of aromatic nitrogens is 6. The molecule has 0 amide bonds. The van der Waals surface area contributed by atoms with Gasteiger partial charge in [0, 0.05) is 24.2 Å². The van der Waals surface area contributed by atoms with Gasteiger partial charge < -0.3 is 9.88 Å². The third-order valence-corrected chi connectivity index (χ3v) is 4.21. The van der Waals surface area contributed by atoms with Gasteiger partial charge in [-0.3, -0.25) is 0 Å². The first-order chi connectivity index (χ1) is 12.7. The Morgan fingerprint density at radius 2 is 1.96 bits per heavy atom. The Labute approximate surface area is 151 Å². The highest BCUT2D eigenvalue weighted by molar-refractivity contribution is 5.66. The second-order valence-electron chi connectivity index (χ2n) is 6.24. The Morgan fingerprint density at radius 1 is 1.12 bits per heavy atom. The van der Waals surface area contributed by atoms with Crippen molar-refractivity contribution in [2.24, 2.45) is 0 Å². The van der Waals surface area contributed by atoms with Crippen LogP contribution in [-0.2, 0) is 13.1 Å². The molecule has 0 saturated carbocycles. The molecule has 0 radical (unpaired) electrons. The summed E-state index contributed by atoms with van der Waals surface area (Å²) >= 11 is 0. The lowest BCUT2D eigenvalue weighted by atomic mass is 10.1. The van der Waals surface area contributed by atoms with Crippen LogP contribution in [0.15, 0.2) is 48.8 Å². The van der Waals surface area contributed by atoms with Gasteiger partial charge in [0.2, 0.25) is 0 Å². The standard InChI is InChI=1S/C19H21N7/c1-3-9-25-13-21-23-19(25)12-20-17-11-16(15-7-5-4-6-8-15)22-18-10-14(2)24-26(17)18/h4-8,10-11,13,20H,3,9,12H2,1-2H3. The van der Waals surface area contributed by atoms with E-state index in [9.17, 15) is 0 Å². The van der Waals surface area contributed by atoms with E-state index in [0.29, 0.717) is 6.54 Å². The van der Waals surface area contributed by atoms with Gasteiger partial charge in [-0.05, 0) is 13.3 Å². The van der Waals surface area contributed by atoms with E-state index in [1.54, 1.807) is 6.33 Å². The highest BCUT2D eigenvalue weighted by Crippen LogP contribution is 2.23. The minimum absolute atomic E-state index is 0.576. The van der Waals surface area contributed by atoms with Gasteiger partial charge in [0.25, 0.3) is 0 Å². The number of rotatable bonds is 6. The summed E-state index contributed by atoms with van der Waals surface area (Å²) in [7, 11) is 0. The number of hydrogen-bond acceptors (Lipinski definition) is 5. The summed E-state index contributed by atoms with van der Waals surface area (Å²) in [6.07, 6.45) is 2.82. The molecule has 0 bridgehead atoms. The Balaban J connectivity index is 1.70. The van der Waals surface area contributed by atoms with Gasteiger partial charge in [0.15, 0.2) is 11.5 Å². The maximum atomic E-state index is 4.75. The van der Waals surface area contributed by atoms with Crippen LogP contribution in [0.4, 0.5) is 5.82 Å². The predicted octanol–water partition coefficient (Wildman–Crippen LogP) is 3.32. The van der Waals surface area contributed by atoms with Crippen molar-refractivity contribution in [2.75, 3.05) is 5.32 Å². The molecular formula is C19H21N7. The summed E-state index contributed by atoms with van der Waals surface area (Å²) in [5, 5.41) is 16.2. The van der Waals surface area contributed by atoms with E-state index < -0.39 is 0 Å². The van der Waals surface area contributed by atoms with E-state index in [-0.39, 0.29) is 0 Å². The van der Waals surface area contributed by atoms with Crippen molar-refractivity contribution in [2.45, 2.75) is 33.4 Å². The normalized spacial score (nSPS) is 11.2. The molecule has 0 unspecified atom stereocenters. The van der Waals surface area contributed by atoms with Crippen molar-refractivity contribution in [3.63, 3.8) is 0 Å². The summed E-state index contributed by atoms with van der Waals surface area (Å²) in [6.45, 7) is 5.60. The molecule has 7 nitrogen and oxygen atoms in total. The molecule has 1 N–H and O–H groups in total. The summed E-state index contributed by atoms with van der Waals surface area (Å²) in [4.78, 5) is 4.75. The molecule has 26 heavy (non-hydrogen) atoms. The molecule has 4 aromatic rings. The molecule has 0 saturated heterocycles. The predicted molar refractivity (Wildman–Crippen MR) is 101 cm³/mol. The van der Waals surface area contributed by atoms with E-state index >= 15 is 0 Å². The fraction of sp³-hybridized carbons (Fsp3) is 0.263. The van der Waals surface area contributed by atoms with E-state index in [0.717, 1.165) is 47.2 Å². The van der Waals surface area contributed by atoms with E-state index in [1.807, 2.05) is 41.8 Å². The zero-order chi connectivity index (χ0) is 17.9. The van der Waals surface area contributed by atoms with Crippen LogP contribution in [0.5, 0.6) is 0 Å². The maximum absolute atomic E-state index is 4.75. The van der Waals surface area contributed by atoms with Crippen LogP contribution in [0, 0.1) is 6.92 Å². The van der Waals surface area contributed by atoms with Crippen molar-refractivity contribution in [3.05, 3.63) is 60.3 Å². The van der Waals surface area contributed by atoms with Crippen LogP contribution in [0.1, 0.15) is 24.9 Å². The number of benzene rings is 1. The zero-order valence-corrected chi connectivity index (χ0v) is 14.9. The van der Waals surface area contributed by atoms with Crippen molar-refractivity contribution >= 4 is 11.5 Å². The van der Waals surface area contributed by atoms with Gasteiger partial charge in [0.1, 0.15) is 12.1 Å². The number of nitrogens with zero attached hydrogens (tertiary/aromatic N) is 6. The van der Waals surface area contributed by atoms with E-state index in [1.165, 1.54) is 0 Å². The molecule has 0 aliphatic carbocycles. The topological polar surface area (TPSA) is 72.9 Å². The fourth-order valence-corrected chi connectivity index (χ4v) is 2.98. The molecule has 7 heteroatoms. The lowest BCUT2D eigenvalue weighted by molar-refractivity contribution is 0.643. The van der Waals surface area contributed by atoms with E-state index in [2.05, 4.69) is 44.2 Å². The quantitative estimate of drug-likeness (QED) is 0.579. The van der Waals surface area contributed by atoms with Gasteiger partial charge in [-0.2, -0.15) is 9.61 Å². The molecule has 0 spiro atoms. The Morgan fingerprint density at radius 3 is 2.77 bits per heavy atom. The zero-order valence-electron chi connectivity index (χ0n) is 14.9. The highest BCUT2D eigenvalue weighted by Gasteiger charge is 2.11. The molecular weight excluding hydrogens is 326 g/mol. The minimum Gasteiger partial charge on any atom is -0.363 e. The van der Waals surface area contributed by atoms with Crippen molar-refractivity contribution in [1.82, 2.24) is 29.4 Å². The number of nitrogens with one attached hydrogen (secondary N) is 1. The highest BCUT2D eigenvalue weighted by atomic mass is 15.3. The lowest BCUT2D eigenvalue weighted by Gasteiger charge is -2.11. The molecule has 0 fully saturated rings. The van der Waals surface area contributed by atoms with Crippen LogP contribution in [-0.4, -0.2) is 29.4 Å². The molecule has 0 atom stereocenters. The Bertz CT molecular complexity index is 1020. The molecule has 1 aromatic carbocycles. The third-order valence-electron chi connectivity index (χ3n) is 4.21. The van der Waals surface area contributed by atoms with Gasteiger partial charge in [-0.25, -0.2) is 4.98 Å². The Hall–Kier alpha value is -3.22. The summed E-state index contributed by atoms with van der Waals surface area (Å²) in [5.41, 5.74) is 3.74. The van der Waals surface area contributed by atoms with Crippen LogP contribution in [0.25, 0.3) is 16.9 Å². The van der Waals surface area contributed by atoms with Crippen LogP contribution >= 0.6 is 0 Å². The molecule has 3 aromatic heterocycles. The molecule has 0 aliphatic rings. The van der Waals surface area contributed by atoms with Crippen molar-refractivity contribution in [1.29, 1.82) is 0 Å².